The van der Waals surface area contributed by atoms with Gasteiger partial charge in [0, 0.05) is 31.1 Å². The molecular formula is C35H38N8O3. The monoisotopic (exact) mass is 618 g/mol. The molecule has 2 aromatic carbocycles. The Morgan fingerprint density at radius 1 is 1.07 bits per heavy atom. The van der Waals surface area contributed by atoms with Crippen LogP contribution in [0.2, 0.25) is 0 Å². The van der Waals surface area contributed by atoms with Gasteiger partial charge in [0.1, 0.15) is 17.9 Å². The van der Waals surface area contributed by atoms with Gasteiger partial charge in [-0.25, -0.2) is 4.98 Å². The number of nitrogens with zero attached hydrogens (tertiary/aromatic N) is 8. The smallest absolute Gasteiger partial charge is 0.319 e. The molecular weight excluding hydrogens is 580 g/mol. The molecule has 2 aliphatic heterocycles. The molecule has 1 saturated carbocycles. The standard InChI is InChI=1S/C35H38N8O3/c1-4-29(44)42-19-18-41(20-25(42)15-16-36)33-31-32(38-35(39-33)46-21-26-10-7-17-40(26)3)34(45)43(22(2)37-31)28-12-6-9-24-8-5-11-27(30(24)28)23-13-14-23/h4-6,8-9,11-12,23,25-26H,1,7,10,13-15,17-21H2,2-3H3/t25-,26?/m0/s1. The summed E-state index contributed by atoms with van der Waals surface area (Å²) in [6, 6.07) is 14.6. The third-order valence-electron chi connectivity index (χ3n) is 9.66. The summed E-state index contributed by atoms with van der Waals surface area (Å²) >= 11 is 0. The average Bonchev–Trinajstić information content (AvgIpc) is 3.83. The highest BCUT2D eigenvalue weighted by molar-refractivity contribution is 5.95. The molecule has 3 fully saturated rings. The summed E-state index contributed by atoms with van der Waals surface area (Å²) < 4.78 is 7.88. The zero-order chi connectivity index (χ0) is 31.9. The van der Waals surface area contributed by atoms with E-state index in [1.165, 1.54) is 11.6 Å². The van der Waals surface area contributed by atoms with Crippen LogP contribution in [0.25, 0.3) is 27.5 Å². The SMILES string of the molecule is C=CC(=O)N1CCN(c2nc(OCC3CCCN3C)nc3c(=O)n(-c4cccc5cccc(C6CC6)c45)c(C)nc23)C[C@@H]1CC#N. The molecule has 2 atom stereocenters. The molecule has 2 aromatic heterocycles. The number of rotatable bonds is 8. The summed E-state index contributed by atoms with van der Waals surface area (Å²) in [6.45, 7) is 8.05. The number of carbonyl (C=O) groups excluding carboxylic acids is 1. The van der Waals surface area contributed by atoms with E-state index in [0.717, 1.165) is 48.7 Å². The fourth-order valence-corrected chi connectivity index (χ4v) is 7.07. The van der Waals surface area contributed by atoms with E-state index in [0.29, 0.717) is 49.3 Å². The molecule has 0 N–H and O–H groups in total. The Balaban J connectivity index is 1.37. The van der Waals surface area contributed by atoms with Crippen molar-refractivity contribution in [1.82, 2.24) is 29.3 Å². The number of amides is 1. The predicted molar refractivity (Wildman–Crippen MR) is 176 cm³/mol. The number of likely N-dealkylation sites (N-methyl/N-ethyl adjacent to an activating group) is 1. The van der Waals surface area contributed by atoms with E-state index in [1.54, 1.807) is 9.47 Å². The summed E-state index contributed by atoms with van der Waals surface area (Å²) in [5, 5.41) is 11.7. The molecule has 11 heteroatoms. The van der Waals surface area contributed by atoms with Gasteiger partial charge in [0.05, 0.1) is 24.2 Å². The minimum absolute atomic E-state index is 0.120. The van der Waals surface area contributed by atoms with Gasteiger partial charge in [-0.1, -0.05) is 36.9 Å². The molecule has 7 rings (SSSR count). The van der Waals surface area contributed by atoms with E-state index in [9.17, 15) is 14.9 Å². The maximum Gasteiger partial charge on any atom is 0.319 e. The van der Waals surface area contributed by atoms with Crippen molar-refractivity contribution in [1.29, 1.82) is 5.26 Å². The first-order chi connectivity index (χ1) is 22.4. The number of aryl methyl sites for hydroxylation is 1. The van der Waals surface area contributed by atoms with Crippen molar-refractivity contribution in [2.24, 2.45) is 0 Å². The van der Waals surface area contributed by atoms with Gasteiger partial charge in [0.15, 0.2) is 11.3 Å². The van der Waals surface area contributed by atoms with Crippen molar-refractivity contribution in [2.75, 3.05) is 44.7 Å². The first-order valence-electron chi connectivity index (χ1n) is 16.1. The number of carbonyl (C=O) groups is 1. The van der Waals surface area contributed by atoms with Gasteiger partial charge < -0.3 is 19.4 Å². The lowest BCUT2D eigenvalue weighted by Gasteiger charge is -2.40. The molecule has 11 nitrogen and oxygen atoms in total. The number of hydrogen-bond acceptors (Lipinski definition) is 9. The third-order valence-corrected chi connectivity index (χ3v) is 9.66. The molecule has 0 spiro atoms. The molecule has 1 aliphatic carbocycles. The first kappa shape index (κ1) is 29.9. The van der Waals surface area contributed by atoms with E-state index in [4.69, 9.17) is 19.7 Å². The van der Waals surface area contributed by atoms with Gasteiger partial charge in [0.2, 0.25) is 5.91 Å². The topological polar surface area (TPSA) is 120 Å². The minimum Gasteiger partial charge on any atom is -0.462 e. The van der Waals surface area contributed by atoms with Gasteiger partial charge in [-0.2, -0.15) is 15.2 Å². The van der Waals surface area contributed by atoms with Crippen LogP contribution < -0.4 is 15.2 Å². The number of hydrogen-bond donors (Lipinski definition) is 0. The molecule has 2 saturated heterocycles. The molecule has 1 amide bonds. The number of ether oxygens (including phenoxy) is 1. The van der Waals surface area contributed by atoms with Gasteiger partial charge in [0.25, 0.3) is 5.56 Å². The molecule has 236 valence electrons. The van der Waals surface area contributed by atoms with Crippen LogP contribution in [0, 0.1) is 18.3 Å². The van der Waals surface area contributed by atoms with Crippen molar-refractivity contribution in [3.8, 4) is 17.8 Å². The van der Waals surface area contributed by atoms with Crippen LogP contribution in [0.3, 0.4) is 0 Å². The van der Waals surface area contributed by atoms with Crippen LogP contribution in [-0.4, -0.2) is 87.1 Å². The lowest BCUT2D eigenvalue weighted by molar-refractivity contribution is -0.128. The van der Waals surface area contributed by atoms with E-state index in [2.05, 4.69) is 48.9 Å². The van der Waals surface area contributed by atoms with E-state index >= 15 is 0 Å². The Labute approximate surface area is 267 Å². The van der Waals surface area contributed by atoms with Gasteiger partial charge in [-0.05, 0) is 75.2 Å². The van der Waals surface area contributed by atoms with Gasteiger partial charge in [-0.15, -0.1) is 0 Å². The molecule has 46 heavy (non-hydrogen) atoms. The fraction of sp³-hybridized carbons (Fsp3) is 0.429. The summed E-state index contributed by atoms with van der Waals surface area (Å²) in [5.74, 6) is 1.27. The van der Waals surface area contributed by atoms with E-state index < -0.39 is 0 Å². The summed E-state index contributed by atoms with van der Waals surface area (Å²) in [4.78, 5) is 47.6. The van der Waals surface area contributed by atoms with Crippen molar-refractivity contribution >= 4 is 33.5 Å². The largest absolute Gasteiger partial charge is 0.462 e. The fourth-order valence-electron chi connectivity index (χ4n) is 7.07. The van der Waals surface area contributed by atoms with Crippen LogP contribution in [0.5, 0.6) is 6.01 Å². The van der Waals surface area contributed by atoms with E-state index in [-0.39, 0.29) is 41.5 Å². The highest BCUT2D eigenvalue weighted by Crippen LogP contribution is 2.44. The molecule has 4 heterocycles. The minimum atomic E-state index is -0.372. The highest BCUT2D eigenvalue weighted by atomic mass is 16.5. The van der Waals surface area contributed by atoms with Crippen LogP contribution in [0.15, 0.2) is 53.8 Å². The van der Waals surface area contributed by atoms with E-state index in [1.807, 2.05) is 24.0 Å². The maximum absolute atomic E-state index is 14.6. The maximum atomic E-state index is 14.6. The quantitative estimate of drug-likeness (QED) is 0.269. The van der Waals surface area contributed by atoms with Gasteiger partial charge >= 0.3 is 6.01 Å². The normalized spacial score (nSPS) is 20.3. The molecule has 0 radical (unpaired) electrons. The van der Waals surface area contributed by atoms with Crippen molar-refractivity contribution in [3.05, 3.63) is 70.8 Å². The summed E-state index contributed by atoms with van der Waals surface area (Å²) in [7, 11) is 2.08. The Hall–Kier alpha value is -4.82. The lowest BCUT2D eigenvalue weighted by Crippen LogP contribution is -2.55. The number of nitriles is 1. The summed E-state index contributed by atoms with van der Waals surface area (Å²) in [6.07, 6.45) is 5.84. The average molecular weight is 619 g/mol. The molecule has 4 aromatic rings. The van der Waals surface area contributed by atoms with Crippen molar-refractivity contribution < 1.29 is 9.53 Å². The van der Waals surface area contributed by atoms with Crippen molar-refractivity contribution in [2.45, 2.75) is 57.0 Å². The number of fused-ring (bicyclic) bond motifs is 2. The molecule has 0 bridgehead atoms. The highest BCUT2D eigenvalue weighted by Gasteiger charge is 2.33. The zero-order valence-corrected chi connectivity index (χ0v) is 26.4. The summed E-state index contributed by atoms with van der Waals surface area (Å²) in [5.41, 5.74) is 2.31. The molecule has 1 unspecified atom stereocenters. The van der Waals surface area contributed by atoms with Crippen LogP contribution in [0.4, 0.5) is 5.82 Å². The predicted octanol–water partition coefficient (Wildman–Crippen LogP) is 4.10. The second kappa shape index (κ2) is 12.2. The number of benzene rings is 2. The lowest BCUT2D eigenvalue weighted by atomic mass is 9.99. The Kier molecular flexibility index (Phi) is 7.90. The third kappa shape index (κ3) is 5.36. The van der Waals surface area contributed by atoms with Crippen molar-refractivity contribution in [3.63, 3.8) is 0 Å². The Morgan fingerprint density at radius 3 is 2.59 bits per heavy atom. The van der Waals surface area contributed by atoms with Gasteiger partial charge in [-0.3, -0.25) is 14.2 Å². The zero-order valence-electron chi connectivity index (χ0n) is 26.4. The first-order valence-corrected chi connectivity index (χ1v) is 16.1. The second-order valence-corrected chi connectivity index (χ2v) is 12.6. The number of piperazine rings is 1. The number of likely N-dealkylation sites (tertiary alicyclic amines) is 1. The van der Waals surface area contributed by atoms with Crippen LogP contribution in [-0.2, 0) is 4.79 Å². The Bertz CT molecular complexity index is 1940. The molecule has 3 aliphatic rings. The van der Waals surface area contributed by atoms with Crippen LogP contribution >= 0.6 is 0 Å². The number of aromatic nitrogens is 4. The number of anilines is 1. The second-order valence-electron chi connectivity index (χ2n) is 12.6. The van der Waals surface area contributed by atoms with Crippen LogP contribution in [0.1, 0.15) is 49.4 Å². The Morgan fingerprint density at radius 2 is 1.87 bits per heavy atom.